The minimum Gasteiger partial charge on any atom is -0.341 e. The fraction of sp³-hybridized carbons (Fsp3) is 0.611. The summed E-state index contributed by atoms with van der Waals surface area (Å²) in [7, 11) is 1.74. The van der Waals surface area contributed by atoms with Gasteiger partial charge in [0.05, 0.1) is 0 Å². The first-order chi connectivity index (χ1) is 10.2. The summed E-state index contributed by atoms with van der Waals surface area (Å²) in [5.74, 6) is 0. The monoisotopic (exact) mass is 288 g/mol. The smallest absolute Gasteiger partial charge is 0.317 e. The molecule has 116 valence electrons. The van der Waals surface area contributed by atoms with Gasteiger partial charge >= 0.3 is 6.03 Å². The van der Waals surface area contributed by atoms with Crippen LogP contribution in [0.1, 0.15) is 50.7 Å². The molecule has 0 radical (unpaired) electrons. The number of urea groups is 1. The van der Waals surface area contributed by atoms with Gasteiger partial charge in [-0.3, -0.25) is 0 Å². The number of piperidine rings is 1. The lowest BCUT2D eigenvalue weighted by Crippen LogP contribution is -2.59. The molecule has 1 saturated heterocycles. The number of carbonyl (C=O) groups is 1. The Morgan fingerprint density at radius 3 is 2.57 bits per heavy atom. The second-order valence-electron chi connectivity index (χ2n) is 5.83. The van der Waals surface area contributed by atoms with Crippen molar-refractivity contribution in [3.8, 4) is 0 Å². The maximum Gasteiger partial charge on any atom is 0.317 e. The van der Waals surface area contributed by atoms with E-state index in [0.29, 0.717) is 0 Å². The second-order valence-corrected chi connectivity index (χ2v) is 5.83. The van der Waals surface area contributed by atoms with Gasteiger partial charge in [0.2, 0.25) is 0 Å². The molecule has 0 bridgehead atoms. The highest BCUT2D eigenvalue weighted by atomic mass is 16.2. The highest BCUT2D eigenvalue weighted by Crippen LogP contribution is 2.39. The van der Waals surface area contributed by atoms with Gasteiger partial charge in [0.25, 0.3) is 0 Å². The van der Waals surface area contributed by atoms with Gasteiger partial charge in [-0.25, -0.2) is 4.79 Å². The molecule has 1 fully saturated rings. The zero-order valence-electron chi connectivity index (χ0n) is 13.6. The molecule has 2 aliphatic rings. The van der Waals surface area contributed by atoms with Crippen molar-refractivity contribution in [1.82, 2.24) is 10.2 Å². The van der Waals surface area contributed by atoms with Crippen LogP contribution in [0.4, 0.5) is 4.79 Å². The van der Waals surface area contributed by atoms with Gasteiger partial charge in [-0.2, -0.15) is 0 Å². The minimum absolute atomic E-state index is 0.0622. The van der Waals surface area contributed by atoms with Crippen LogP contribution in [0.15, 0.2) is 24.3 Å². The number of nitrogens with zero attached hydrogens (tertiary/aromatic N) is 1. The summed E-state index contributed by atoms with van der Waals surface area (Å²) in [6.45, 7) is 4.90. The molecule has 1 aliphatic carbocycles. The Morgan fingerprint density at radius 1 is 1.14 bits per heavy atom. The fourth-order valence-electron chi connectivity index (χ4n) is 3.78. The van der Waals surface area contributed by atoms with Crippen LogP contribution in [0.2, 0.25) is 0 Å². The summed E-state index contributed by atoms with van der Waals surface area (Å²) < 4.78 is 0. The molecule has 0 aromatic heterocycles. The molecule has 2 amide bonds. The molecule has 1 atom stereocenters. The largest absolute Gasteiger partial charge is 0.341 e. The van der Waals surface area contributed by atoms with Crippen LogP contribution in [-0.2, 0) is 12.8 Å². The quantitative estimate of drug-likeness (QED) is 0.774. The van der Waals surface area contributed by atoms with Crippen molar-refractivity contribution < 1.29 is 4.79 Å². The number of hydrogen-bond acceptors (Lipinski definition) is 1. The first-order valence-electron chi connectivity index (χ1n) is 8.31. The average Bonchev–Trinajstić information content (AvgIpc) is 2.56. The lowest BCUT2D eigenvalue weighted by molar-refractivity contribution is 0.0652. The van der Waals surface area contributed by atoms with Crippen LogP contribution >= 0.6 is 0 Å². The zero-order chi connectivity index (χ0) is 15.3. The lowest BCUT2D eigenvalue weighted by atomic mass is 9.72. The molecule has 3 rings (SSSR count). The third-order valence-corrected chi connectivity index (χ3v) is 4.80. The molecule has 1 N–H and O–H groups in total. The standard InChI is InChI=1S/C16H22N2O.C2H6/c1-17-15(19)18-11-5-4-9-16(18)10-8-13-6-2-3-7-14(13)12-16;1-2/h2-3,6-7H,4-5,8-12H2,1H3,(H,17,19);1-2H3. The van der Waals surface area contributed by atoms with E-state index in [1.807, 2.05) is 13.8 Å². The number of aryl methyl sites for hydroxylation is 1. The van der Waals surface area contributed by atoms with E-state index in [9.17, 15) is 4.79 Å². The number of hydrogen-bond donors (Lipinski definition) is 1. The van der Waals surface area contributed by atoms with Crippen LogP contribution in [-0.4, -0.2) is 30.1 Å². The van der Waals surface area contributed by atoms with Crippen molar-refractivity contribution in [3.63, 3.8) is 0 Å². The van der Waals surface area contributed by atoms with Gasteiger partial charge in [0, 0.05) is 19.1 Å². The number of likely N-dealkylation sites (tertiary alicyclic amines) is 1. The molecule has 1 unspecified atom stereocenters. The molecule has 3 nitrogen and oxygen atoms in total. The van der Waals surface area contributed by atoms with Gasteiger partial charge in [-0.15, -0.1) is 0 Å². The number of carbonyl (C=O) groups excluding carboxylic acids is 1. The van der Waals surface area contributed by atoms with Gasteiger partial charge in [0.1, 0.15) is 0 Å². The Kier molecular flexibility index (Phi) is 5.27. The van der Waals surface area contributed by atoms with Crippen molar-refractivity contribution >= 4 is 6.03 Å². The summed E-state index contributed by atoms with van der Waals surface area (Å²) in [5.41, 5.74) is 2.97. The van der Waals surface area contributed by atoms with E-state index in [2.05, 4.69) is 34.5 Å². The Hall–Kier alpha value is -1.51. The molecule has 1 aromatic rings. The van der Waals surface area contributed by atoms with E-state index in [4.69, 9.17) is 0 Å². The molecule has 21 heavy (non-hydrogen) atoms. The highest BCUT2D eigenvalue weighted by Gasteiger charge is 2.43. The third-order valence-electron chi connectivity index (χ3n) is 4.80. The molecular weight excluding hydrogens is 260 g/mol. The SMILES string of the molecule is CC.CNC(=O)N1CCCCC12CCc1ccccc1C2. The topological polar surface area (TPSA) is 32.3 Å². The van der Waals surface area contributed by atoms with E-state index in [1.165, 1.54) is 17.5 Å². The number of fused-ring (bicyclic) bond motifs is 1. The Balaban J connectivity index is 0.000000774. The number of amides is 2. The van der Waals surface area contributed by atoms with Crippen LogP contribution in [0.5, 0.6) is 0 Å². The van der Waals surface area contributed by atoms with Crippen molar-refractivity contribution in [3.05, 3.63) is 35.4 Å². The molecular formula is C18H28N2O. The fourth-order valence-corrected chi connectivity index (χ4v) is 3.78. The Morgan fingerprint density at radius 2 is 1.86 bits per heavy atom. The molecule has 1 aliphatic heterocycles. The van der Waals surface area contributed by atoms with E-state index < -0.39 is 0 Å². The zero-order valence-corrected chi connectivity index (χ0v) is 13.6. The van der Waals surface area contributed by atoms with Crippen molar-refractivity contribution in [2.45, 2.75) is 57.9 Å². The van der Waals surface area contributed by atoms with Crippen LogP contribution in [0.25, 0.3) is 0 Å². The summed E-state index contributed by atoms with van der Waals surface area (Å²) in [4.78, 5) is 14.3. The van der Waals surface area contributed by atoms with Crippen molar-refractivity contribution in [2.24, 2.45) is 0 Å². The van der Waals surface area contributed by atoms with Gasteiger partial charge < -0.3 is 10.2 Å². The first kappa shape index (κ1) is 15.9. The number of nitrogens with one attached hydrogen (secondary N) is 1. The molecule has 1 spiro atoms. The lowest BCUT2D eigenvalue weighted by Gasteiger charge is -2.49. The third kappa shape index (κ3) is 3.07. The summed E-state index contributed by atoms with van der Waals surface area (Å²) in [6, 6.07) is 8.79. The maximum absolute atomic E-state index is 12.2. The number of benzene rings is 1. The van der Waals surface area contributed by atoms with Gasteiger partial charge in [0.15, 0.2) is 0 Å². The van der Waals surface area contributed by atoms with Crippen molar-refractivity contribution in [2.75, 3.05) is 13.6 Å². The van der Waals surface area contributed by atoms with Crippen LogP contribution in [0.3, 0.4) is 0 Å². The summed E-state index contributed by atoms with van der Waals surface area (Å²) in [6.07, 6.45) is 6.76. The van der Waals surface area contributed by atoms with E-state index in [0.717, 1.165) is 38.6 Å². The summed E-state index contributed by atoms with van der Waals surface area (Å²) in [5, 5.41) is 2.82. The second kappa shape index (κ2) is 6.97. The Labute approximate surface area is 128 Å². The van der Waals surface area contributed by atoms with E-state index in [-0.39, 0.29) is 11.6 Å². The van der Waals surface area contributed by atoms with Crippen LogP contribution in [0, 0.1) is 0 Å². The van der Waals surface area contributed by atoms with Gasteiger partial charge in [-0.05, 0) is 49.7 Å². The van der Waals surface area contributed by atoms with E-state index >= 15 is 0 Å². The predicted octanol–water partition coefficient (Wildman–Crippen LogP) is 3.77. The molecule has 3 heteroatoms. The Bertz CT molecular complexity index is 486. The van der Waals surface area contributed by atoms with Gasteiger partial charge in [-0.1, -0.05) is 38.1 Å². The first-order valence-corrected chi connectivity index (χ1v) is 8.31. The number of rotatable bonds is 0. The average molecular weight is 288 g/mol. The molecule has 1 heterocycles. The summed E-state index contributed by atoms with van der Waals surface area (Å²) >= 11 is 0. The molecule has 1 aromatic carbocycles. The predicted molar refractivity (Wildman–Crippen MR) is 87.6 cm³/mol. The van der Waals surface area contributed by atoms with E-state index in [1.54, 1.807) is 7.05 Å². The van der Waals surface area contributed by atoms with Crippen LogP contribution < -0.4 is 5.32 Å². The minimum atomic E-state index is 0.0622. The van der Waals surface area contributed by atoms with Crippen molar-refractivity contribution in [1.29, 1.82) is 0 Å². The normalized spacial score (nSPS) is 23.9. The maximum atomic E-state index is 12.2. The highest BCUT2D eigenvalue weighted by molar-refractivity contribution is 5.75. The molecule has 0 saturated carbocycles.